The van der Waals surface area contributed by atoms with Crippen molar-refractivity contribution in [1.82, 2.24) is 10.3 Å². The smallest absolute Gasteiger partial charge is 0.270 e. The average molecular weight is 317 g/mol. The third-order valence-electron chi connectivity index (χ3n) is 3.92. The molecule has 2 rings (SSSR count). The van der Waals surface area contributed by atoms with Gasteiger partial charge in [-0.15, -0.1) is 0 Å². The van der Waals surface area contributed by atoms with Gasteiger partial charge in [0.1, 0.15) is 0 Å². The van der Waals surface area contributed by atoms with Gasteiger partial charge in [-0.1, -0.05) is 26.7 Å². The molecule has 1 atom stereocenters. The largest absolute Gasteiger partial charge is 0.360 e. The molecule has 1 unspecified atom stereocenters. The Balaban J connectivity index is 2.08. The molecule has 2 aromatic rings. The molecule has 0 aliphatic heterocycles. The summed E-state index contributed by atoms with van der Waals surface area (Å²) in [6.45, 7) is 6.35. The molecule has 0 spiro atoms. The molecule has 2 N–H and O–H groups in total. The van der Waals surface area contributed by atoms with Crippen LogP contribution in [-0.4, -0.2) is 21.9 Å². The number of nitro groups is 1. The summed E-state index contributed by atoms with van der Waals surface area (Å²) in [5.41, 5.74) is 1.14. The standard InChI is InChI=1S/C17H23N3O3/c1-11(2)5-4-6-12(3)19-17(21)15-10-18-16-8-7-13(20(22)23)9-14(15)16/h7-12,18H,4-6H2,1-3H3,(H,19,21). The number of carbonyl (C=O) groups is 1. The molecule has 1 amide bonds. The topological polar surface area (TPSA) is 88.0 Å². The van der Waals surface area contributed by atoms with Gasteiger partial charge >= 0.3 is 0 Å². The van der Waals surface area contributed by atoms with E-state index in [0.29, 0.717) is 22.4 Å². The molecule has 0 radical (unpaired) electrons. The third kappa shape index (κ3) is 4.31. The Morgan fingerprint density at radius 2 is 2.04 bits per heavy atom. The lowest BCUT2D eigenvalue weighted by molar-refractivity contribution is -0.384. The Bertz CT molecular complexity index is 706. The lowest BCUT2D eigenvalue weighted by atomic mass is 10.0. The zero-order valence-corrected chi connectivity index (χ0v) is 13.8. The molecule has 1 aromatic carbocycles. The van der Waals surface area contributed by atoms with Gasteiger partial charge in [-0.2, -0.15) is 0 Å². The molecule has 0 fully saturated rings. The van der Waals surface area contributed by atoms with Gasteiger partial charge in [-0.05, 0) is 25.3 Å². The molecule has 1 heterocycles. The van der Waals surface area contributed by atoms with Crippen LogP contribution in [0.25, 0.3) is 10.9 Å². The van der Waals surface area contributed by atoms with Gasteiger partial charge in [0.2, 0.25) is 0 Å². The van der Waals surface area contributed by atoms with Crippen molar-refractivity contribution in [3.05, 3.63) is 40.1 Å². The van der Waals surface area contributed by atoms with E-state index in [4.69, 9.17) is 0 Å². The number of hydrogen-bond acceptors (Lipinski definition) is 3. The fourth-order valence-electron chi connectivity index (χ4n) is 2.62. The maximum absolute atomic E-state index is 12.4. The third-order valence-corrected chi connectivity index (χ3v) is 3.92. The van der Waals surface area contributed by atoms with Crippen LogP contribution in [0.2, 0.25) is 0 Å². The van der Waals surface area contributed by atoms with Crippen LogP contribution in [0.5, 0.6) is 0 Å². The van der Waals surface area contributed by atoms with Crippen LogP contribution in [0.15, 0.2) is 24.4 Å². The lowest BCUT2D eigenvalue weighted by Crippen LogP contribution is -2.32. The van der Waals surface area contributed by atoms with Crippen molar-refractivity contribution >= 4 is 22.5 Å². The minimum atomic E-state index is -0.456. The number of hydrogen-bond donors (Lipinski definition) is 2. The molecule has 1 aromatic heterocycles. The summed E-state index contributed by atoms with van der Waals surface area (Å²) in [4.78, 5) is 25.8. The summed E-state index contributed by atoms with van der Waals surface area (Å²) in [6, 6.07) is 4.56. The number of non-ortho nitro benzene ring substituents is 1. The Morgan fingerprint density at radius 3 is 2.70 bits per heavy atom. The highest BCUT2D eigenvalue weighted by molar-refractivity contribution is 6.07. The predicted molar refractivity (Wildman–Crippen MR) is 90.6 cm³/mol. The number of amides is 1. The monoisotopic (exact) mass is 317 g/mol. The van der Waals surface area contributed by atoms with E-state index in [-0.39, 0.29) is 17.6 Å². The number of aromatic amines is 1. The molecule has 124 valence electrons. The van der Waals surface area contributed by atoms with Crippen LogP contribution in [0, 0.1) is 16.0 Å². The maximum atomic E-state index is 12.4. The van der Waals surface area contributed by atoms with Crippen LogP contribution in [0.1, 0.15) is 50.4 Å². The average Bonchev–Trinajstić information content (AvgIpc) is 2.89. The van der Waals surface area contributed by atoms with Crippen molar-refractivity contribution in [3.63, 3.8) is 0 Å². The Hall–Kier alpha value is -2.37. The molecule has 6 nitrogen and oxygen atoms in total. The lowest BCUT2D eigenvalue weighted by Gasteiger charge is -2.14. The van der Waals surface area contributed by atoms with E-state index >= 15 is 0 Å². The van der Waals surface area contributed by atoms with Gasteiger partial charge in [0.25, 0.3) is 11.6 Å². The quantitative estimate of drug-likeness (QED) is 0.597. The van der Waals surface area contributed by atoms with Crippen molar-refractivity contribution in [3.8, 4) is 0 Å². The van der Waals surface area contributed by atoms with Crippen molar-refractivity contribution < 1.29 is 9.72 Å². The summed E-state index contributed by atoms with van der Waals surface area (Å²) < 4.78 is 0. The first kappa shape index (κ1) is 17.0. The van der Waals surface area contributed by atoms with E-state index in [9.17, 15) is 14.9 Å². The minimum Gasteiger partial charge on any atom is -0.360 e. The van der Waals surface area contributed by atoms with Gasteiger partial charge in [-0.25, -0.2) is 0 Å². The summed E-state index contributed by atoms with van der Waals surface area (Å²) in [6.07, 6.45) is 4.73. The molecule has 0 aliphatic rings. The van der Waals surface area contributed by atoms with Crippen LogP contribution in [0.4, 0.5) is 5.69 Å². The SMILES string of the molecule is CC(C)CCCC(C)NC(=O)c1c[nH]c2ccc([N+](=O)[O-])cc12. The number of nitrogens with one attached hydrogen (secondary N) is 2. The number of H-pyrrole nitrogens is 1. The van der Waals surface area contributed by atoms with E-state index < -0.39 is 4.92 Å². The molecule has 0 bridgehead atoms. The molecule has 0 aliphatic carbocycles. The van der Waals surface area contributed by atoms with Crippen molar-refractivity contribution in [2.75, 3.05) is 0 Å². The van der Waals surface area contributed by atoms with Crippen molar-refractivity contribution in [1.29, 1.82) is 0 Å². The second kappa shape index (κ2) is 7.26. The number of nitrogens with zero attached hydrogens (tertiary/aromatic N) is 1. The van der Waals surface area contributed by atoms with Crippen molar-refractivity contribution in [2.45, 2.75) is 46.1 Å². The summed E-state index contributed by atoms with van der Waals surface area (Å²) in [5.74, 6) is 0.459. The highest BCUT2D eigenvalue weighted by Crippen LogP contribution is 2.23. The second-order valence-electron chi connectivity index (χ2n) is 6.39. The van der Waals surface area contributed by atoms with Gasteiger partial charge in [0.05, 0.1) is 10.5 Å². The zero-order chi connectivity index (χ0) is 17.0. The van der Waals surface area contributed by atoms with Crippen molar-refractivity contribution in [2.24, 2.45) is 5.92 Å². The maximum Gasteiger partial charge on any atom is 0.270 e. The highest BCUT2D eigenvalue weighted by Gasteiger charge is 2.17. The van der Waals surface area contributed by atoms with Gasteiger partial charge in [0.15, 0.2) is 0 Å². The van der Waals surface area contributed by atoms with E-state index in [2.05, 4.69) is 24.1 Å². The normalized spacial score (nSPS) is 12.5. The molecular weight excluding hydrogens is 294 g/mol. The van der Waals surface area contributed by atoms with E-state index in [1.165, 1.54) is 12.1 Å². The van der Waals surface area contributed by atoms with Gasteiger partial charge in [0, 0.05) is 35.3 Å². The van der Waals surface area contributed by atoms with E-state index in [0.717, 1.165) is 19.3 Å². The minimum absolute atomic E-state index is 0.0175. The molecule has 0 saturated heterocycles. The summed E-state index contributed by atoms with van der Waals surface area (Å²) >= 11 is 0. The molecule has 0 saturated carbocycles. The Morgan fingerprint density at radius 1 is 1.30 bits per heavy atom. The highest BCUT2D eigenvalue weighted by atomic mass is 16.6. The number of nitro benzene ring substituents is 1. The van der Waals surface area contributed by atoms with E-state index in [1.54, 1.807) is 12.3 Å². The first-order valence-corrected chi connectivity index (χ1v) is 7.95. The van der Waals surface area contributed by atoms with Gasteiger partial charge < -0.3 is 10.3 Å². The van der Waals surface area contributed by atoms with Crippen LogP contribution < -0.4 is 5.32 Å². The first-order chi connectivity index (χ1) is 10.9. The number of carbonyl (C=O) groups excluding carboxylic acids is 1. The second-order valence-corrected chi connectivity index (χ2v) is 6.39. The van der Waals surface area contributed by atoms with E-state index in [1.807, 2.05) is 6.92 Å². The fraction of sp³-hybridized carbons (Fsp3) is 0.471. The Kier molecular flexibility index (Phi) is 5.36. The number of fused-ring (bicyclic) bond motifs is 1. The predicted octanol–water partition coefficient (Wildman–Crippen LogP) is 4.02. The fourth-order valence-corrected chi connectivity index (χ4v) is 2.62. The van der Waals surface area contributed by atoms with Crippen LogP contribution in [0.3, 0.4) is 0 Å². The molecule has 6 heteroatoms. The molecule has 23 heavy (non-hydrogen) atoms. The number of aromatic nitrogens is 1. The summed E-state index contributed by atoms with van der Waals surface area (Å²) in [5, 5.41) is 14.4. The van der Waals surface area contributed by atoms with Gasteiger partial charge in [-0.3, -0.25) is 14.9 Å². The number of rotatable bonds is 7. The number of benzene rings is 1. The summed E-state index contributed by atoms with van der Waals surface area (Å²) in [7, 11) is 0. The Labute approximate surface area is 135 Å². The zero-order valence-electron chi connectivity index (χ0n) is 13.8. The molecular formula is C17H23N3O3. The first-order valence-electron chi connectivity index (χ1n) is 7.95. The van der Waals surface area contributed by atoms with Crippen LogP contribution in [-0.2, 0) is 0 Å². The van der Waals surface area contributed by atoms with Crippen LogP contribution >= 0.6 is 0 Å².